The number of carbonyl (C=O) groups is 2. The molecule has 3 aromatic rings. The summed E-state index contributed by atoms with van der Waals surface area (Å²) in [6, 6.07) is 7.16. The summed E-state index contributed by atoms with van der Waals surface area (Å²) >= 11 is 1.25. The summed E-state index contributed by atoms with van der Waals surface area (Å²) in [7, 11) is 0. The molecule has 1 saturated heterocycles. The van der Waals surface area contributed by atoms with Crippen molar-refractivity contribution in [3.8, 4) is 0 Å². The highest BCUT2D eigenvalue weighted by atomic mass is 32.1. The number of rotatable bonds is 6. The fraction of sp³-hybridized carbons (Fsp3) is 0.286. The maximum absolute atomic E-state index is 13.1. The summed E-state index contributed by atoms with van der Waals surface area (Å²) in [5, 5.41) is 6.79. The van der Waals surface area contributed by atoms with Gasteiger partial charge < -0.3 is 21.3 Å². The molecule has 1 aliphatic rings. The number of halogens is 1. The molecule has 0 radical (unpaired) electrons. The number of nitrogens with zero attached hydrogens (tertiary/aromatic N) is 4. The van der Waals surface area contributed by atoms with Gasteiger partial charge in [0.05, 0.1) is 11.9 Å². The lowest BCUT2D eigenvalue weighted by Gasteiger charge is -2.34. The Hall–Kier alpha value is -3.60. The van der Waals surface area contributed by atoms with E-state index >= 15 is 0 Å². The number of aromatic nitrogens is 3. The van der Waals surface area contributed by atoms with E-state index in [0.29, 0.717) is 17.9 Å². The molecule has 1 fully saturated rings. The van der Waals surface area contributed by atoms with Gasteiger partial charge in [-0.3, -0.25) is 9.59 Å². The van der Waals surface area contributed by atoms with E-state index in [1.54, 1.807) is 0 Å². The lowest BCUT2D eigenvalue weighted by Crippen LogP contribution is -2.48. The molecule has 0 aliphatic carbocycles. The van der Waals surface area contributed by atoms with Gasteiger partial charge in [-0.2, -0.15) is 4.37 Å². The van der Waals surface area contributed by atoms with Gasteiger partial charge >= 0.3 is 0 Å². The van der Waals surface area contributed by atoms with Gasteiger partial charge in [-0.1, -0.05) is 0 Å². The molecule has 0 unspecified atom stereocenters. The van der Waals surface area contributed by atoms with Crippen molar-refractivity contribution in [1.82, 2.24) is 19.7 Å². The molecular weight excluding hydrogens is 433 g/mol. The summed E-state index contributed by atoms with van der Waals surface area (Å²) in [6.07, 6.45) is 3.15. The van der Waals surface area contributed by atoms with Crippen molar-refractivity contribution in [2.45, 2.75) is 25.8 Å². The standard InChI is InChI=1S/C21H22FN7O2S/c1-12-9-17(32-28-12)27-20-18(19(23)30)24-10-16(26-20)29-8-2-3-15(11-29)25-21(31)13-4-6-14(22)7-5-13/h4-7,9-10,15H,2-3,8,11H2,1H3,(H2,23,30)(H,25,31)(H,26,27)/t15-/m1/s1. The van der Waals surface area contributed by atoms with E-state index in [-0.39, 0.29) is 29.3 Å². The number of hydrogen-bond acceptors (Lipinski definition) is 8. The van der Waals surface area contributed by atoms with E-state index in [9.17, 15) is 14.0 Å². The molecule has 1 atom stereocenters. The monoisotopic (exact) mass is 455 g/mol. The van der Waals surface area contributed by atoms with Crippen molar-refractivity contribution >= 4 is 40.0 Å². The number of aryl methyl sites for hydroxylation is 1. The number of primary amides is 1. The van der Waals surface area contributed by atoms with Crippen LogP contribution in [0.3, 0.4) is 0 Å². The Kier molecular flexibility index (Phi) is 6.26. The number of carbonyl (C=O) groups excluding carboxylic acids is 2. The molecular formula is C21H22FN7O2S. The molecule has 166 valence electrons. The normalized spacial score (nSPS) is 15.9. The van der Waals surface area contributed by atoms with Gasteiger partial charge in [0.15, 0.2) is 11.5 Å². The number of benzene rings is 1. The number of hydrogen-bond donors (Lipinski definition) is 3. The average Bonchev–Trinajstić information content (AvgIpc) is 3.18. The van der Waals surface area contributed by atoms with Gasteiger partial charge in [-0.05, 0) is 61.6 Å². The van der Waals surface area contributed by atoms with E-state index in [1.165, 1.54) is 42.0 Å². The van der Waals surface area contributed by atoms with Crippen LogP contribution in [0.5, 0.6) is 0 Å². The maximum atomic E-state index is 13.1. The van der Waals surface area contributed by atoms with E-state index in [0.717, 1.165) is 30.1 Å². The zero-order valence-electron chi connectivity index (χ0n) is 17.3. The fourth-order valence-corrected chi connectivity index (χ4v) is 4.17. The third-order valence-corrected chi connectivity index (χ3v) is 5.85. The quantitative estimate of drug-likeness (QED) is 0.522. The van der Waals surface area contributed by atoms with Crippen LogP contribution in [-0.2, 0) is 0 Å². The lowest BCUT2D eigenvalue weighted by atomic mass is 10.0. The fourth-order valence-electron chi connectivity index (χ4n) is 3.51. The van der Waals surface area contributed by atoms with Crippen LogP contribution in [0.15, 0.2) is 36.5 Å². The Bertz CT molecular complexity index is 1140. The van der Waals surface area contributed by atoms with Gasteiger partial charge in [0.1, 0.15) is 16.6 Å². The van der Waals surface area contributed by atoms with E-state index in [1.807, 2.05) is 17.9 Å². The van der Waals surface area contributed by atoms with Crippen LogP contribution in [0.25, 0.3) is 0 Å². The van der Waals surface area contributed by atoms with Crippen LogP contribution in [-0.4, -0.2) is 45.3 Å². The largest absolute Gasteiger partial charge is 0.364 e. The molecule has 0 saturated carbocycles. The number of anilines is 3. The predicted octanol–water partition coefficient (Wildman–Crippen LogP) is 2.62. The minimum Gasteiger partial charge on any atom is -0.364 e. The molecule has 0 spiro atoms. The predicted molar refractivity (Wildman–Crippen MR) is 120 cm³/mol. The van der Waals surface area contributed by atoms with Crippen molar-refractivity contribution in [3.63, 3.8) is 0 Å². The van der Waals surface area contributed by atoms with Gasteiger partial charge in [-0.15, -0.1) is 0 Å². The summed E-state index contributed by atoms with van der Waals surface area (Å²) in [5.74, 6) is -0.498. The van der Waals surface area contributed by atoms with Crippen LogP contribution < -0.4 is 21.3 Å². The highest BCUT2D eigenvalue weighted by Gasteiger charge is 2.24. The smallest absolute Gasteiger partial charge is 0.271 e. The first kappa shape index (κ1) is 21.6. The molecule has 9 nitrogen and oxygen atoms in total. The molecule has 2 amide bonds. The second-order valence-electron chi connectivity index (χ2n) is 7.51. The van der Waals surface area contributed by atoms with Crippen molar-refractivity contribution in [1.29, 1.82) is 0 Å². The van der Waals surface area contributed by atoms with E-state index in [2.05, 4.69) is 25.0 Å². The van der Waals surface area contributed by atoms with Crippen LogP contribution in [0.2, 0.25) is 0 Å². The molecule has 3 heterocycles. The second-order valence-corrected chi connectivity index (χ2v) is 8.32. The minimum absolute atomic E-state index is 0.0398. The van der Waals surface area contributed by atoms with Crippen molar-refractivity contribution in [3.05, 3.63) is 59.3 Å². The van der Waals surface area contributed by atoms with Gasteiger partial charge in [0, 0.05) is 24.7 Å². The molecule has 1 aliphatic heterocycles. The van der Waals surface area contributed by atoms with Crippen molar-refractivity contribution in [2.75, 3.05) is 23.3 Å². The maximum Gasteiger partial charge on any atom is 0.271 e. The average molecular weight is 456 g/mol. The Morgan fingerprint density at radius 2 is 2.06 bits per heavy atom. The van der Waals surface area contributed by atoms with Gasteiger partial charge in [-0.25, -0.2) is 14.4 Å². The van der Waals surface area contributed by atoms with Crippen LogP contribution >= 0.6 is 11.5 Å². The van der Waals surface area contributed by atoms with Crippen LogP contribution in [0, 0.1) is 12.7 Å². The Labute approximate surface area is 188 Å². The minimum atomic E-state index is -0.684. The molecule has 4 rings (SSSR count). The zero-order valence-corrected chi connectivity index (χ0v) is 18.2. The Morgan fingerprint density at radius 1 is 1.28 bits per heavy atom. The summed E-state index contributed by atoms with van der Waals surface area (Å²) in [5.41, 5.74) is 6.75. The molecule has 32 heavy (non-hydrogen) atoms. The molecule has 4 N–H and O–H groups in total. The Balaban J connectivity index is 1.49. The summed E-state index contributed by atoms with van der Waals surface area (Å²) in [6.45, 7) is 3.12. The lowest BCUT2D eigenvalue weighted by molar-refractivity contribution is 0.0931. The van der Waals surface area contributed by atoms with Gasteiger partial charge in [0.2, 0.25) is 0 Å². The van der Waals surface area contributed by atoms with Crippen molar-refractivity contribution < 1.29 is 14.0 Å². The third kappa shape index (κ3) is 4.99. The summed E-state index contributed by atoms with van der Waals surface area (Å²) in [4.78, 5) is 35.1. The number of piperidine rings is 1. The first-order chi connectivity index (χ1) is 15.4. The molecule has 2 aromatic heterocycles. The molecule has 11 heteroatoms. The Morgan fingerprint density at radius 3 is 2.75 bits per heavy atom. The highest BCUT2D eigenvalue weighted by molar-refractivity contribution is 7.10. The topological polar surface area (TPSA) is 126 Å². The van der Waals surface area contributed by atoms with Crippen LogP contribution in [0.1, 0.15) is 39.4 Å². The first-order valence-corrected chi connectivity index (χ1v) is 10.8. The molecule has 1 aromatic carbocycles. The van der Waals surface area contributed by atoms with Crippen LogP contribution in [0.4, 0.5) is 21.0 Å². The SMILES string of the molecule is Cc1cc(Nc2nc(N3CCC[C@@H](NC(=O)c4ccc(F)cc4)C3)cnc2C(N)=O)sn1. The number of nitrogens with two attached hydrogens (primary N) is 1. The van der Waals surface area contributed by atoms with Crippen molar-refractivity contribution in [2.24, 2.45) is 5.73 Å². The highest BCUT2D eigenvalue weighted by Crippen LogP contribution is 2.25. The van der Waals surface area contributed by atoms with Gasteiger partial charge in [0.25, 0.3) is 11.8 Å². The molecule has 0 bridgehead atoms. The number of amides is 2. The van der Waals surface area contributed by atoms with E-state index in [4.69, 9.17) is 5.73 Å². The summed E-state index contributed by atoms with van der Waals surface area (Å²) < 4.78 is 17.3. The third-order valence-electron chi connectivity index (χ3n) is 5.05. The first-order valence-electron chi connectivity index (χ1n) is 10.1. The zero-order chi connectivity index (χ0) is 22.7. The van der Waals surface area contributed by atoms with E-state index < -0.39 is 5.91 Å². The number of nitrogens with one attached hydrogen (secondary N) is 2. The second kappa shape index (κ2) is 9.27.